The van der Waals surface area contributed by atoms with E-state index in [-0.39, 0.29) is 37.5 Å². The molecule has 164 valence electrons. The van der Waals surface area contributed by atoms with Crippen LogP contribution in [-0.4, -0.2) is 64.9 Å². The predicted octanol–water partition coefficient (Wildman–Crippen LogP) is 1.97. The van der Waals surface area contributed by atoms with Gasteiger partial charge in [0.2, 0.25) is 19.2 Å². The molecule has 0 aliphatic carbocycles. The van der Waals surface area contributed by atoms with Crippen molar-refractivity contribution in [1.29, 1.82) is 0 Å². The Labute approximate surface area is 175 Å². The van der Waals surface area contributed by atoms with Gasteiger partial charge in [-0.1, -0.05) is 12.1 Å². The van der Waals surface area contributed by atoms with Gasteiger partial charge in [0.15, 0.2) is 6.04 Å². The summed E-state index contributed by atoms with van der Waals surface area (Å²) in [5.41, 5.74) is 7.29. The lowest BCUT2D eigenvalue weighted by atomic mass is 10.0. The molecule has 2 saturated heterocycles. The van der Waals surface area contributed by atoms with Crippen LogP contribution in [0.4, 0.5) is 5.69 Å². The average molecular weight is 437 g/mol. The zero-order valence-electron chi connectivity index (χ0n) is 17.0. The number of amides is 2. The molecule has 3 rings (SSSR count). The lowest BCUT2D eigenvalue weighted by Crippen LogP contribution is -2.60. The maximum absolute atomic E-state index is 13.4. The minimum Gasteiger partial charge on any atom is -0.480 e. The van der Waals surface area contributed by atoms with Crippen LogP contribution in [0.25, 0.3) is 0 Å². The second kappa shape index (κ2) is 9.18. The second-order valence-corrected chi connectivity index (χ2v) is 10.6. The molecule has 2 amide bonds. The minimum atomic E-state index is -3.17. The van der Waals surface area contributed by atoms with Crippen LogP contribution in [0.2, 0.25) is 0 Å². The molecule has 30 heavy (non-hydrogen) atoms. The number of aliphatic carboxylic acids is 1. The maximum Gasteiger partial charge on any atom is 0.328 e. The topological polar surface area (TPSA) is 130 Å². The summed E-state index contributed by atoms with van der Waals surface area (Å²) >= 11 is 0. The lowest BCUT2D eigenvalue weighted by Gasteiger charge is -2.42. The second-order valence-electron chi connectivity index (χ2n) is 7.83. The number of hydrogen-bond donors (Lipinski definition) is 2. The Morgan fingerprint density at radius 3 is 2.60 bits per heavy atom. The summed E-state index contributed by atoms with van der Waals surface area (Å²) in [5, 5.41) is 11.9. The molecule has 0 radical (unpaired) electrons. The zero-order valence-corrected chi connectivity index (χ0v) is 17.9. The van der Waals surface area contributed by atoms with Crippen molar-refractivity contribution in [2.24, 2.45) is 5.92 Å². The summed E-state index contributed by atoms with van der Waals surface area (Å²) in [7, 11) is -1.80. The van der Waals surface area contributed by atoms with Crippen LogP contribution in [0.1, 0.15) is 31.2 Å². The fraction of sp³-hybridized carbons (Fsp3) is 0.550. The summed E-state index contributed by atoms with van der Waals surface area (Å²) < 4.78 is 18.7. The van der Waals surface area contributed by atoms with Crippen molar-refractivity contribution in [3.63, 3.8) is 0 Å². The van der Waals surface area contributed by atoms with Gasteiger partial charge < -0.3 is 15.4 Å². The highest BCUT2D eigenvalue weighted by Gasteiger charge is 2.45. The van der Waals surface area contributed by atoms with Crippen molar-refractivity contribution in [3.8, 4) is 0 Å². The third-order valence-corrected chi connectivity index (χ3v) is 8.38. The van der Waals surface area contributed by atoms with Crippen molar-refractivity contribution >= 4 is 30.8 Å². The number of hydrogen-bond acceptors (Lipinski definition) is 6. The molecule has 10 heteroatoms. The van der Waals surface area contributed by atoms with Gasteiger partial charge in [-0.25, -0.2) is 9.80 Å². The molecule has 2 fully saturated rings. The average Bonchev–Trinajstić information content (AvgIpc) is 2.85. The van der Waals surface area contributed by atoms with E-state index in [0.29, 0.717) is 25.1 Å². The predicted molar refractivity (Wildman–Crippen MR) is 111 cm³/mol. The molecule has 3 N–H and O–H groups in total. The monoisotopic (exact) mass is 437 g/mol. The molecule has 0 bridgehead atoms. The number of aryl methyl sites for hydroxylation is 1. The van der Waals surface area contributed by atoms with Gasteiger partial charge in [-0.2, -0.15) is 0 Å². The highest BCUT2D eigenvalue weighted by atomic mass is 31.2. The SMILES string of the molecule is COP(=O)(CCc1ccc(N)cc1)C[C@H]1CCC(=O)N2CCC[C@@H](C(=O)O)N2C1=O. The van der Waals surface area contributed by atoms with E-state index in [1.165, 1.54) is 12.1 Å². The molecule has 9 nitrogen and oxygen atoms in total. The van der Waals surface area contributed by atoms with Crippen molar-refractivity contribution in [1.82, 2.24) is 10.0 Å². The number of nitrogens with zero attached hydrogens (tertiary/aromatic N) is 2. The molecule has 0 spiro atoms. The third kappa shape index (κ3) is 4.84. The van der Waals surface area contributed by atoms with E-state index in [1.807, 2.05) is 12.1 Å². The standard InChI is InChI=1S/C20H28N3O6P/c1-29-30(28,12-10-14-4-7-16(21)8-5-14)13-15-6-9-18(24)22-11-2-3-17(20(26)27)23(22)19(15)25/h4-5,7-8,15,17H,2-3,6,9-13,21H2,1H3,(H,26,27)/t15-,17+,30?/m1/s1. The summed E-state index contributed by atoms with van der Waals surface area (Å²) in [4.78, 5) is 37.4. The number of rotatable bonds is 7. The first-order valence-electron chi connectivity index (χ1n) is 10.1. The highest BCUT2D eigenvalue weighted by molar-refractivity contribution is 7.59. The molecule has 2 aliphatic heterocycles. The van der Waals surface area contributed by atoms with Gasteiger partial charge in [0.1, 0.15) is 0 Å². The van der Waals surface area contributed by atoms with Crippen LogP contribution in [-0.2, 0) is 29.9 Å². The van der Waals surface area contributed by atoms with Crippen molar-refractivity contribution in [2.45, 2.75) is 38.1 Å². The molecule has 1 unspecified atom stereocenters. The summed E-state index contributed by atoms with van der Waals surface area (Å²) in [5.74, 6) is -2.60. The fourth-order valence-electron chi connectivity index (χ4n) is 4.06. The molecule has 0 saturated carbocycles. The van der Waals surface area contributed by atoms with E-state index >= 15 is 0 Å². The van der Waals surface area contributed by atoms with Gasteiger partial charge in [-0.15, -0.1) is 0 Å². The third-order valence-electron chi connectivity index (χ3n) is 5.81. The molecule has 3 atom stereocenters. The number of carboxylic acid groups (broad SMARTS) is 1. The van der Waals surface area contributed by atoms with Gasteiger partial charge >= 0.3 is 5.97 Å². The van der Waals surface area contributed by atoms with Crippen LogP contribution in [0.5, 0.6) is 0 Å². The number of benzene rings is 1. The van der Waals surface area contributed by atoms with Crippen molar-refractivity contribution < 1.29 is 28.6 Å². The normalized spacial score (nSPS) is 24.2. The molecule has 0 aromatic heterocycles. The Kier molecular flexibility index (Phi) is 6.83. The zero-order chi connectivity index (χ0) is 21.9. The Bertz CT molecular complexity index is 859. The first kappa shape index (κ1) is 22.3. The number of carbonyl (C=O) groups is 3. The van der Waals surface area contributed by atoms with E-state index in [1.54, 1.807) is 12.1 Å². The van der Waals surface area contributed by atoms with Gasteiger partial charge in [0, 0.05) is 44.0 Å². The van der Waals surface area contributed by atoms with E-state index in [0.717, 1.165) is 10.6 Å². The first-order valence-corrected chi connectivity index (χ1v) is 12.1. The van der Waals surface area contributed by atoms with Crippen LogP contribution in [0, 0.1) is 5.92 Å². The van der Waals surface area contributed by atoms with E-state index in [9.17, 15) is 24.1 Å². The van der Waals surface area contributed by atoms with Crippen LogP contribution >= 0.6 is 7.37 Å². The Hall–Kier alpha value is -2.38. The van der Waals surface area contributed by atoms with Gasteiger partial charge in [0.05, 0.1) is 0 Å². The van der Waals surface area contributed by atoms with Gasteiger partial charge in [0.25, 0.3) is 0 Å². The number of hydrazine groups is 1. The van der Waals surface area contributed by atoms with Crippen molar-refractivity contribution in [2.75, 3.05) is 31.7 Å². The Morgan fingerprint density at radius 2 is 1.97 bits per heavy atom. The van der Waals surface area contributed by atoms with E-state index in [2.05, 4.69) is 0 Å². The smallest absolute Gasteiger partial charge is 0.328 e. The van der Waals surface area contributed by atoms with E-state index in [4.69, 9.17) is 10.3 Å². The highest BCUT2D eigenvalue weighted by Crippen LogP contribution is 2.49. The van der Waals surface area contributed by atoms with Crippen LogP contribution in [0.15, 0.2) is 24.3 Å². The molecule has 1 aromatic carbocycles. The first-order chi connectivity index (χ1) is 14.2. The maximum atomic E-state index is 13.4. The number of nitrogens with two attached hydrogens (primary N) is 1. The molecular formula is C20H28N3O6P. The number of carbonyl (C=O) groups excluding carboxylic acids is 2. The number of nitrogen functional groups attached to an aromatic ring is 1. The summed E-state index contributed by atoms with van der Waals surface area (Å²) in [6.45, 7) is 0.320. The molecule has 2 aliphatic rings. The van der Waals surface area contributed by atoms with Gasteiger partial charge in [-0.3, -0.25) is 19.2 Å². The quantitative estimate of drug-likeness (QED) is 0.493. The fourth-order valence-corrected chi connectivity index (χ4v) is 6.18. The summed E-state index contributed by atoms with van der Waals surface area (Å²) in [6.07, 6.45) is 1.89. The largest absolute Gasteiger partial charge is 0.480 e. The lowest BCUT2D eigenvalue weighted by molar-refractivity contribution is -0.181. The summed E-state index contributed by atoms with van der Waals surface area (Å²) in [6, 6.07) is 6.17. The number of fused-ring (bicyclic) bond motifs is 1. The molecule has 2 heterocycles. The number of carboxylic acids is 1. The molecular weight excluding hydrogens is 409 g/mol. The number of anilines is 1. The van der Waals surface area contributed by atoms with Crippen LogP contribution < -0.4 is 5.73 Å². The van der Waals surface area contributed by atoms with Crippen molar-refractivity contribution in [3.05, 3.63) is 29.8 Å². The Morgan fingerprint density at radius 1 is 1.27 bits per heavy atom. The van der Waals surface area contributed by atoms with Gasteiger partial charge in [-0.05, 0) is 43.4 Å². The van der Waals surface area contributed by atoms with Crippen LogP contribution in [0.3, 0.4) is 0 Å². The minimum absolute atomic E-state index is 0.0126. The van der Waals surface area contributed by atoms with E-state index < -0.39 is 31.2 Å². The molecule has 1 aromatic rings. The Balaban J connectivity index is 1.76.